The molecule has 17 nitrogen and oxygen atoms in total. The number of unbranched alkanes of at least 4 members (excludes halogenated alkanes) is 1. The summed E-state index contributed by atoms with van der Waals surface area (Å²) < 4.78 is 16.8. The van der Waals surface area contributed by atoms with Crippen LogP contribution < -0.4 is 21.3 Å². The van der Waals surface area contributed by atoms with Crippen molar-refractivity contribution >= 4 is 35.1 Å². The Balaban J connectivity index is 1.02. The van der Waals surface area contributed by atoms with Crippen LogP contribution in [0.5, 0.6) is 0 Å². The summed E-state index contributed by atoms with van der Waals surface area (Å²) in [6, 6.07) is 13.7. The van der Waals surface area contributed by atoms with E-state index in [1.54, 1.807) is 20.8 Å². The van der Waals surface area contributed by atoms with E-state index in [9.17, 15) is 29.7 Å². The summed E-state index contributed by atoms with van der Waals surface area (Å²) >= 11 is 0. The highest BCUT2D eigenvalue weighted by atomic mass is 16.6. The molecule has 0 spiro atoms. The highest BCUT2D eigenvalue weighted by Crippen LogP contribution is 2.44. The zero-order chi connectivity index (χ0) is 38.4. The number of aliphatic hydroxyl groups excluding tert-OH is 3. The number of H-pyrrole nitrogens is 1. The number of hydrogen-bond donors (Lipinski definition) is 8. The summed E-state index contributed by atoms with van der Waals surface area (Å²) in [5.74, 6) is -0.540. The number of alkyl carbamates (subject to hydrolysis) is 2. The fourth-order valence-corrected chi connectivity index (χ4v) is 6.73. The number of benzene rings is 2. The predicted octanol–water partition coefficient (Wildman–Crippen LogP) is 2.29. The molecule has 17 heteroatoms. The molecule has 3 heterocycles. The summed E-state index contributed by atoms with van der Waals surface area (Å²) in [6.45, 7) is 4.85. The number of imidazole rings is 1. The van der Waals surface area contributed by atoms with Crippen LogP contribution in [0.3, 0.4) is 0 Å². The van der Waals surface area contributed by atoms with E-state index in [0.29, 0.717) is 24.0 Å². The van der Waals surface area contributed by atoms with E-state index in [4.69, 9.17) is 14.2 Å². The molecule has 288 valence electrons. The molecular formula is C37H46N8O9. The van der Waals surface area contributed by atoms with Crippen molar-refractivity contribution in [3.63, 3.8) is 0 Å². The molecular weight excluding hydrogens is 700 g/mol. The van der Waals surface area contributed by atoms with Gasteiger partial charge in [0.25, 0.3) is 0 Å². The van der Waals surface area contributed by atoms with Gasteiger partial charge < -0.3 is 55.8 Å². The van der Waals surface area contributed by atoms with Crippen molar-refractivity contribution in [2.75, 3.05) is 25.1 Å². The summed E-state index contributed by atoms with van der Waals surface area (Å²) in [4.78, 5) is 54.1. The van der Waals surface area contributed by atoms with Crippen molar-refractivity contribution in [2.45, 2.75) is 88.2 Å². The Kier molecular flexibility index (Phi) is 11.9. The lowest BCUT2D eigenvalue weighted by atomic mass is 9.94. The van der Waals surface area contributed by atoms with Gasteiger partial charge in [-0.1, -0.05) is 48.5 Å². The number of carbonyl (C=O) groups excluding carboxylic acids is 3. The Morgan fingerprint density at radius 2 is 1.65 bits per heavy atom. The number of hydrogen-bond acceptors (Lipinski definition) is 13. The highest BCUT2D eigenvalue weighted by Gasteiger charge is 2.46. The number of aromatic amines is 1. The van der Waals surface area contributed by atoms with Gasteiger partial charge in [-0.3, -0.25) is 4.79 Å². The lowest BCUT2D eigenvalue weighted by Crippen LogP contribution is -2.67. The molecule has 2 aromatic heterocycles. The smallest absolute Gasteiger partial charge is 0.408 e. The SMILES string of the molecule is CC(C)(C)OC(=O)N[C@@H](CCCCNC(=O)OCC1c2ccccc2-c2ccccc21)C(=O)N[C@@H]1[C@@H](O)[C@H](O)[C@@H](Nc2ncnc3nc[nH]c23)O[C@H]1CO. The third kappa shape index (κ3) is 8.87. The first-order chi connectivity index (χ1) is 25.9. The highest BCUT2D eigenvalue weighted by molar-refractivity contribution is 5.86. The number of carbonyl (C=O) groups is 3. The molecule has 1 fully saturated rings. The van der Waals surface area contributed by atoms with E-state index < -0.39 is 66.9 Å². The Morgan fingerprint density at radius 3 is 2.33 bits per heavy atom. The molecule has 6 rings (SSSR count). The van der Waals surface area contributed by atoms with Crippen molar-refractivity contribution in [1.82, 2.24) is 35.9 Å². The van der Waals surface area contributed by atoms with Crippen molar-refractivity contribution in [3.05, 3.63) is 72.3 Å². The number of anilines is 1. The van der Waals surface area contributed by atoms with Gasteiger partial charge in [0.1, 0.15) is 48.4 Å². The van der Waals surface area contributed by atoms with Crippen LogP contribution in [0.25, 0.3) is 22.3 Å². The zero-order valence-electron chi connectivity index (χ0n) is 30.2. The molecule has 3 amide bonds. The Hall–Kier alpha value is -5.36. The van der Waals surface area contributed by atoms with E-state index in [-0.39, 0.29) is 31.3 Å². The number of amides is 3. The van der Waals surface area contributed by atoms with Crippen LogP contribution in [0.2, 0.25) is 0 Å². The number of rotatable bonds is 13. The maximum atomic E-state index is 13.6. The molecule has 1 saturated heterocycles. The molecule has 0 saturated carbocycles. The van der Waals surface area contributed by atoms with Crippen molar-refractivity contribution in [1.29, 1.82) is 0 Å². The van der Waals surface area contributed by atoms with E-state index in [0.717, 1.165) is 22.3 Å². The minimum absolute atomic E-state index is 0.0745. The van der Waals surface area contributed by atoms with Gasteiger partial charge in [-0.25, -0.2) is 24.5 Å². The summed E-state index contributed by atoms with van der Waals surface area (Å²) in [5, 5.41) is 43.1. The van der Waals surface area contributed by atoms with Gasteiger partial charge in [0.05, 0.1) is 19.0 Å². The molecule has 8 N–H and O–H groups in total. The molecule has 0 radical (unpaired) electrons. The first kappa shape index (κ1) is 38.4. The fraction of sp³-hybridized carbons (Fsp3) is 0.459. The average molecular weight is 747 g/mol. The van der Waals surface area contributed by atoms with E-state index in [1.165, 1.54) is 12.7 Å². The third-order valence-electron chi connectivity index (χ3n) is 9.28. The van der Waals surface area contributed by atoms with Gasteiger partial charge in [0.2, 0.25) is 5.91 Å². The van der Waals surface area contributed by atoms with E-state index in [2.05, 4.69) is 53.3 Å². The maximum absolute atomic E-state index is 13.6. The lowest BCUT2D eigenvalue weighted by Gasteiger charge is -2.43. The fourth-order valence-electron chi connectivity index (χ4n) is 6.73. The van der Waals surface area contributed by atoms with Crippen molar-refractivity contribution < 1.29 is 43.9 Å². The third-order valence-corrected chi connectivity index (χ3v) is 9.28. The Morgan fingerprint density at radius 1 is 0.944 bits per heavy atom. The number of fused-ring (bicyclic) bond motifs is 4. The molecule has 6 atom stereocenters. The van der Waals surface area contributed by atoms with E-state index in [1.807, 2.05) is 36.4 Å². The van der Waals surface area contributed by atoms with E-state index >= 15 is 0 Å². The molecule has 4 aromatic rings. The second-order valence-electron chi connectivity index (χ2n) is 14.2. The summed E-state index contributed by atoms with van der Waals surface area (Å²) in [6.07, 6.45) is -3.33. The lowest BCUT2D eigenvalue weighted by molar-refractivity contribution is -0.185. The normalized spacial score (nSPS) is 21.4. The molecule has 1 aliphatic heterocycles. The molecule has 2 aliphatic rings. The number of aromatic nitrogens is 4. The molecule has 2 aromatic carbocycles. The Labute approximate surface area is 311 Å². The van der Waals surface area contributed by atoms with Gasteiger partial charge in [0.15, 0.2) is 17.7 Å². The Bertz CT molecular complexity index is 1890. The van der Waals surface area contributed by atoms with Gasteiger partial charge in [-0.05, 0) is 62.3 Å². The number of nitrogens with zero attached hydrogens (tertiary/aromatic N) is 3. The van der Waals surface area contributed by atoms with Crippen LogP contribution in [0.15, 0.2) is 61.2 Å². The molecule has 0 bridgehead atoms. The first-order valence-corrected chi connectivity index (χ1v) is 17.8. The second-order valence-corrected chi connectivity index (χ2v) is 14.2. The topological polar surface area (TPSA) is 242 Å². The van der Waals surface area contributed by atoms with Crippen molar-refractivity contribution in [2.24, 2.45) is 0 Å². The molecule has 0 unspecified atom stereocenters. The minimum Gasteiger partial charge on any atom is -0.449 e. The number of nitrogens with one attached hydrogen (secondary N) is 5. The van der Waals surface area contributed by atoms with Crippen LogP contribution in [-0.2, 0) is 19.0 Å². The molecule has 1 aliphatic carbocycles. The van der Waals surface area contributed by atoms with Crippen LogP contribution in [0, 0.1) is 0 Å². The number of aliphatic hydroxyl groups is 3. The second kappa shape index (κ2) is 16.8. The van der Waals surface area contributed by atoms with Gasteiger partial charge in [-0.15, -0.1) is 0 Å². The average Bonchev–Trinajstić information content (AvgIpc) is 3.76. The quantitative estimate of drug-likeness (QED) is 0.0918. The van der Waals surface area contributed by atoms with Crippen molar-refractivity contribution in [3.8, 4) is 11.1 Å². The monoisotopic (exact) mass is 746 g/mol. The standard InChI is InChI=1S/C37H46N8O9/c1-37(2,3)54-36(51)43-25(14-8-9-15-38-35(50)52-17-24-22-12-6-4-10-20(22)21-11-5-7-13-23(21)24)33(49)44-27-26(16-46)53-34(30(48)29(27)47)45-32-28-31(40-18-39-28)41-19-42-32/h4-7,10-13,18-19,24-27,29-30,34,46-48H,8-9,14-17H2,1-3H3,(H,38,50)(H,43,51)(H,44,49)(H2,39,40,41,42,45)/t25-,26-,27-,29+,30-,34-/m0/s1. The first-order valence-electron chi connectivity index (χ1n) is 17.8. The zero-order valence-corrected chi connectivity index (χ0v) is 30.2. The van der Waals surface area contributed by atoms with Crippen LogP contribution in [0.1, 0.15) is 57.1 Å². The predicted molar refractivity (Wildman–Crippen MR) is 195 cm³/mol. The largest absolute Gasteiger partial charge is 0.449 e. The van der Waals surface area contributed by atoms with Crippen LogP contribution in [0.4, 0.5) is 15.4 Å². The van der Waals surface area contributed by atoms with Gasteiger partial charge >= 0.3 is 12.2 Å². The molecule has 54 heavy (non-hydrogen) atoms. The maximum Gasteiger partial charge on any atom is 0.408 e. The van der Waals surface area contributed by atoms with Crippen LogP contribution >= 0.6 is 0 Å². The van der Waals surface area contributed by atoms with Gasteiger partial charge in [-0.2, -0.15) is 0 Å². The van der Waals surface area contributed by atoms with Gasteiger partial charge in [0, 0.05) is 12.5 Å². The van der Waals surface area contributed by atoms with Crippen LogP contribution in [-0.4, -0.2) is 115 Å². The number of ether oxygens (including phenoxy) is 3. The minimum atomic E-state index is -1.60. The summed E-state index contributed by atoms with van der Waals surface area (Å²) in [7, 11) is 0. The summed E-state index contributed by atoms with van der Waals surface area (Å²) in [5.41, 5.74) is 4.42.